The molecule has 0 N–H and O–H groups in total. The molecule has 0 bridgehead atoms. The molecule has 0 aromatic rings. The molecule has 0 atom stereocenters. The minimum absolute atomic E-state index is 0. The molecule has 0 aromatic carbocycles. The second kappa shape index (κ2) is 34.8. The molecular formula is Al2Na2O4. The van der Waals surface area contributed by atoms with E-state index in [-0.39, 0.29) is 59.1 Å². The zero-order chi connectivity index (χ0) is 5.41. The second-order valence-electron chi connectivity index (χ2n) is 0.192. The Morgan fingerprint density at radius 3 is 0.875 bits per heavy atom. The molecule has 0 unspecified atom stereocenters. The van der Waals surface area contributed by atoms with Crippen molar-refractivity contribution in [3.8, 4) is 0 Å². The van der Waals surface area contributed by atoms with E-state index < -0.39 is 31.0 Å². The van der Waals surface area contributed by atoms with E-state index in [2.05, 4.69) is 0 Å². The molecule has 0 radical (unpaired) electrons. The Kier molecular flexibility index (Phi) is 97.6. The molecule has 4 nitrogen and oxygen atoms in total. The van der Waals surface area contributed by atoms with E-state index in [1.54, 1.807) is 0 Å². The van der Waals surface area contributed by atoms with Crippen molar-refractivity contribution in [2.45, 2.75) is 0 Å². The first-order valence-corrected chi connectivity index (χ1v) is 2.83. The first kappa shape index (κ1) is 22.4. The number of rotatable bonds is 0. The second-order valence-corrected chi connectivity index (χ2v) is 0.577. The van der Waals surface area contributed by atoms with E-state index in [0.717, 1.165) is 0 Å². The van der Waals surface area contributed by atoms with Crippen molar-refractivity contribution in [3.63, 3.8) is 0 Å². The number of hydrogen-bond acceptors (Lipinski definition) is 4. The average Bonchev–Trinajstić information content (AvgIpc) is 1.39. The van der Waals surface area contributed by atoms with E-state index in [0.29, 0.717) is 0 Å². The van der Waals surface area contributed by atoms with Gasteiger partial charge in [-0.05, 0) is 0 Å². The van der Waals surface area contributed by atoms with Crippen LogP contribution in [0, 0.1) is 0 Å². The van der Waals surface area contributed by atoms with Gasteiger partial charge in [0.1, 0.15) is 0 Å². The summed E-state index contributed by atoms with van der Waals surface area (Å²) in [6.45, 7) is 0. The maximum atomic E-state index is 8.46. The summed E-state index contributed by atoms with van der Waals surface area (Å²) in [7, 11) is 0. The topological polar surface area (TPSA) is 80.3 Å². The standard InChI is InChI=1S/2Al.2Na.4O/q;;2*+1;;;2*-1. The molecule has 0 amide bonds. The molecule has 0 heterocycles. The predicted molar refractivity (Wildman–Crippen MR) is 12.9 cm³/mol. The summed E-state index contributed by atoms with van der Waals surface area (Å²) in [5.74, 6) is 0. The summed E-state index contributed by atoms with van der Waals surface area (Å²) >= 11 is -3.50. The summed E-state index contributed by atoms with van der Waals surface area (Å²) in [6, 6.07) is 0. The molecule has 32 valence electrons. The van der Waals surface area contributed by atoms with Gasteiger partial charge in [-0.2, -0.15) is 0 Å². The Balaban J connectivity index is -0.0000000160. The third-order valence-electron chi connectivity index (χ3n) is 0. The van der Waals surface area contributed by atoms with Crippen LogP contribution in [0.1, 0.15) is 0 Å². The van der Waals surface area contributed by atoms with Crippen molar-refractivity contribution < 1.29 is 75.0 Å². The fourth-order valence-corrected chi connectivity index (χ4v) is 0. The normalized spacial score (nSPS) is 2.00. The van der Waals surface area contributed by atoms with E-state index in [1.807, 2.05) is 0 Å². The van der Waals surface area contributed by atoms with Gasteiger partial charge in [0.05, 0.1) is 0 Å². The van der Waals surface area contributed by atoms with Gasteiger partial charge in [-0.15, -0.1) is 0 Å². The van der Waals surface area contributed by atoms with Gasteiger partial charge >= 0.3 is 106 Å². The monoisotopic (exact) mass is 164 g/mol. The third kappa shape index (κ3) is 85.0. The van der Waals surface area contributed by atoms with E-state index in [9.17, 15) is 0 Å². The van der Waals surface area contributed by atoms with E-state index in [1.165, 1.54) is 0 Å². The molecule has 8 heavy (non-hydrogen) atoms. The van der Waals surface area contributed by atoms with Gasteiger partial charge in [0, 0.05) is 0 Å². The average molecular weight is 164 g/mol. The van der Waals surface area contributed by atoms with Crippen LogP contribution in [0.5, 0.6) is 0 Å². The van der Waals surface area contributed by atoms with Gasteiger partial charge in [0.2, 0.25) is 0 Å². The van der Waals surface area contributed by atoms with Crippen molar-refractivity contribution in [1.29, 1.82) is 0 Å². The summed E-state index contributed by atoms with van der Waals surface area (Å²) in [6.07, 6.45) is 0. The van der Waals surface area contributed by atoms with Crippen molar-refractivity contribution in [2.75, 3.05) is 0 Å². The van der Waals surface area contributed by atoms with Gasteiger partial charge in [0.15, 0.2) is 0 Å². The summed E-state index contributed by atoms with van der Waals surface area (Å²) in [5.41, 5.74) is 0. The van der Waals surface area contributed by atoms with Crippen LogP contribution < -0.4 is 67.4 Å². The van der Waals surface area contributed by atoms with Crippen molar-refractivity contribution in [3.05, 3.63) is 0 Å². The fraction of sp³-hybridized carbons (Fsp3) is 0. The van der Waals surface area contributed by atoms with E-state index >= 15 is 0 Å². The van der Waals surface area contributed by atoms with Crippen LogP contribution in [-0.4, -0.2) is 31.0 Å². The first-order chi connectivity index (χ1) is 2.83. The molecule has 0 saturated carbocycles. The molecular weight excluding hydrogens is 164 g/mol. The van der Waals surface area contributed by atoms with Gasteiger partial charge in [-0.3, -0.25) is 0 Å². The van der Waals surface area contributed by atoms with Gasteiger partial charge < -0.3 is 0 Å². The van der Waals surface area contributed by atoms with Crippen molar-refractivity contribution in [2.24, 2.45) is 0 Å². The molecule has 0 fully saturated rings. The molecule has 0 spiro atoms. The van der Waals surface area contributed by atoms with Crippen LogP contribution >= 0.6 is 0 Å². The van der Waals surface area contributed by atoms with Crippen LogP contribution in [0.4, 0.5) is 0 Å². The Bertz CT molecular complexity index is 33.0. The zero-order valence-electron chi connectivity index (χ0n) is 4.79. The van der Waals surface area contributed by atoms with Crippen LogP contribution in [0.2, 0.25) is 0 Å². The Labute approximate surface area is 104 Å². The quantitative estimate of drug-likeness (QED) is 0.333. The molecule has 8 heteroatoms. The summed E-state index contributed by atoms with van der Waals surface area (Å²) < 4.78 is 33.8. The predicted octanol–water partition coefficient (Wildman–Crippen LogP) is -9.37. The summed E-state index contributed by atoms with van der Waals surface area (Å²) in [4.78, 5) is 0. The molecule has 0 saturated heterocycles. The SMILES string of the molecule is [Na+].[Na+].[O]=[Al][O-].[O]=[Al][O-]. The van der Waals surface area contributed by atoms with Crippen molar-refractivity contribution in [1.82, 2.24) is 0 Å². The van der Waals surface area contributed by atoms with Crippen LogP contribution in [0.25, 0.3) is 0 Å². The van der Waals surface area contributed by atoms with E-state index in [4.69, 9.17) is 15.9 Å². The maximum absolute atomic E-state index is 8.46. The van der Waals surface area contributed by atoms with Crippen LogP contribution in [0.3, 0.4) is 0 Å². The number of hydrogen-bond donors (Lipinski definition) is 0. The Morgan fingerprint density at radius 2 is 0.875 bits per heavy atom. The van der Waals surface area contributed by atoms with Crippen LogP contribution in [0.15, 0.2) is 0 Å². The first-order valence-electron chi connectivity index (χ1n) is 0.943. The molecule has 0 aliphatic rings. The van der Waals surface area contributed by atoms with Gasteiger partial charge in [-0.1, -0.05) is 0 Å². The fourth-order valence-electron chi connectivity index (χ4n) is 0. The third-order valence-corrected chi connectivity index (χ3v) is 0. The molecule has 0 aliphatic heterocycles. The summed E-state index contributed by atoms with van der Waals surface area (Å²) in [5, 5.41) is 0. The Hall–Kier alpha value is 2.26. The van der Waals surface area contributed by atoms with Gasteiger partial charge in [-0.25, -0.2) is 0 Å². The Morgan fingerprint density at radius 1 is 0.875 bits per heavy atom. The van der Waals surface area contributed by atoms with Crippen LogP contribution in [-0.2, 0) is 7.61 Å². The molecule has 0 rings (SSSR count). The van der Waals surface area contributed by atoms with Gasteiger partial charge in [0.25, 0.3) is 0 Å². The molecule has 0 aliphatic carbocycles. The molecule has 0 aromatic heterocycles. The van der Waals surface area contributed by atoms with Crippen molar-refractivity contribution >= 4 is 31.0 Å². The minimum atomic E-state index is -1.75. The zero-order valence-corrected chi connectivity index (χ0v) is 11.1.